The van der Waals surface area contributed by atoms with Gasteiger partial charge in [0.15, 0.2) is 0 Å². The minimum Gasteiger partial charge on any atom is -0.362 e. The summed E-state index contributed by atoms with van der Waals surface area (Å²) in [5.41, 5.74) is 5.65. The molecule has 3 N–H and O–H groups in total. The minimum atomic E-state index is -2.87. The van der Waals surface area contributed by atoms with Crippen molar-refractivity contribution >= 4 is 23.0 Å². The van der Waals surface area contributed by atoms with E-state index in [0.717, 1.165) is 0 Å². The van der Waals surface area contributed by atoms with Crippen molar-refractivity contribution in [2.45, 2.75) is 48.4 Å². The number of hydrazine groups is 2. The normalized spacial score (nSPS) is 36.7. The Kier molecular flexibility index (Phi) is 5.67. The van der Waals surface area contributed by atoms with Crippen molar-refractivity contribution in [2.24, 2.45) is 11.8 Å². The molecule has 0 aliphatic carbocycles. The van der Waals surface area contributed by atoms with Gasteiger partial charge in [0.1, 0.15) is 17.7 Å². The Balaban J connectivity index is 1.48. The van der Waals surface area contributed by atoms with Gasteiger partial charge in [-0.2, -0.15) is 0 Å². The second-order valence-electron chi connectivity index (χ2n) is 10.5. The lowest BCUT2D eigenvalue weighted by atomic mass is 9.60. The number of alkyl halides is 4. The first-order valence-corrected chi connectivity index (χ1v) is 13.1. The first kappa shape index (κ1) is 25.1. The van der Waals surface area contributed by atoms with Gasteiger partial charge in [0, 0.05) is 16.9 Å². The summed E-state index contributed by atoms with van der Waals surface area (Å²) < 4.78 is 65.7. The molecule has 0 amide bonds. The number of para-hydroxylation sites is 2. The van der Waals surface area contributed by atoms with Crippen LogP contribution in [0.3, 0.4) is 0 Å². The van der Waals surface area contributed by atoms with Crippen molar-refractivity contribution < 1.29 is 27.4 Å². The van der Waals surface area contributed by atoms with Crippen LogP contribution in [0.15, 0.2) is 84.9 Å². The Morgan fingerprint density at radius 1 is 0.718 bits per heavy atom. The van der Waals surface area contributed by atoms with Crippen LogP contribution in [-0.2, 0) is 10.3 Å². The largest absolute Gasteiger partial charge is 0.362 e. The van der Waals surface area contributed by atoms with Gasteiger partial charge in [0.2, 0.25) is 5.79 Å². The average Bonchev–Trinajstić information content (AvgIpc) is 3.66. The third-order valence-electron chi connectivity index (χ3n) is 8.66. The van der Waals surface area contributed by atoms with Gasteiger partial charge >= 0.3 is 0 Å². The number of aliphatic hydroxyl groups is 1. The molecule has 2 bridgehead atoms. The number of nitrogens with zero attached hydrogens (tertiary/aromatic N) is 2. The molecule has 4 saturated heterocycles. The summed E-state index contributed by atoms with van der Waals surface area (Å²) >= 11 is 6.16. The highest BCUT2D eigenvalue weighted by atomic mass is 35.5. The molecule has 4 fully saturated rings. The van der Waals surface area contributed by atoms with E-state index >= 15 is 0 Å². The maximum absolute atomic E-state index is 14.8. The second kappa shape index (κ2) is 8.81. The zero-order valence-corrected chi connectivity index (χ0v) is 21.1. The van der Waals surface area contributed by atoms with Crippen LogP contribution in [0.2, 0.25) is 5.02 Å². The molecular formula is C28H25ClF4N4O2. The molecule has 6 nitrogen and oxygen atoms in total. The van der Waals surface area contributed by atoms with Crippen LogP contribution in [0.1, 0.15) is 5.56 Å². The first-order chi connectivity index (χ1) is 18.8. The van der Waals surface area contributed by atoms with Crippen LogP contribution in [0.5, 0.6) is 0 Å². The molecule has 3 aromatic rings. The highest BCUT2D eigenvalue weighted by Crippen LogP contribution is 2.69. The molecule has 11 heteroatoms. The van der Waals surface area contributed by atoms with E-state index in [2.05, 4.69) is 10.9 Å². The Morgan fingerprint density at radius 3 is 1.56 bits per heavy atom. The number of anilines is 2. The predicted molar refractivity (Wildman–Crippen MR) is 137 cm³/mol. The van der Waals surface area contributed by atoms with Gasteiger partial charge in [0.25, 0.3) is 12.9 Å². The van der Waals surface area contributed by atoms with Crippen LogP contribution < -0.4 is 20.9 Å². The van der Waals surface area contributed by atoms with Crippen LogP contribution in [0.4, 0.5) is 28.9 Å². The van der Waals surface area contributed by atoms with E-state index in [0.29, 0.717) is 22.0 Å². The molecule has 0 saturated carbocycles. The smallest absolute Gasteiger partial charge is 0.255 e. The standard InChI is InChI=1S/C28H25ClF4N4O2/c29-16-13-11-15(12-14-16)27-19-21(25(30)31)34-36(17-7-3-1-4-8-17)23(19)28(38,39-27)24-20(27)22(26(32)33)35-37(24)18-9-5-2-6-10-18/h1-14,19-26,34-35,38H. The molecule has 3 aromatic carbocycles. The number of benzene rings is 3. The fourth-order valence-electron chi connectivity index (χ4n) is 7.40. The summed E-state index contributed by atoms with van der Waals surface area (Å²) in [5, 5.41) is 16.0. The van der Waals surface area contributed by atoms with Crippen molar-refractivity contribution in [1.82, 2.24) is 10.9 Å². The monoisotopic (exact) mass is 560 g/mol. The highest BCUT2D eigenvalue weighted by Gasteiger charge is 2.85. The lowest BCUT2D eigenvalue weighted by molar-refractivity contribution is -0.203. The van der Waals surface area contributed by atoms with E-state index in [1.54, 1.807) is 84.9 Å². The molecule has 0 radical (unpaired) electrons. The van der Waals surface area contributed by atoms with Gasteiger partial charge in [-0.25, -0.2) is 28.4 Å². The SMILES string of the molecule is OC12OC(c3ccc(Cl)cc3)(C3C(C(F)F)NN(c4ccccc4)C31)C1C(C(F)F)NN(c3ccccc3)C12. The summed E-state index contributed by atoms with van der Waals surface area (Å²) in [6.45, 7) is 0. The van der Waals surface area contributed by atoms with Gasteiger partial charge in [0.05, 0.1) is 23.5 Å². The number of nitrogens with one attached hydrogen (secondary N) is 2. The molecule has 6 unspecified atom stereocenters. The molecule has 4 aliphatic heterocycles. The van der Waals surface area contributed by atoms with Crippen LogP contribution in [0.25, 0.3) is 0 Å². The Morgan fingerprint density at radius 2 is 1.15 bits per heavy atom. The summed E-state index contributed by atoms with van der Waals surface area (Å²) in [7, 11) is 0. The molecule has 0 aromatic heterocycles. The number of fused-ring (bicyclic) bond motifs is 8. The number of halogens is 5. The van der Waals surface area contributed by atoms with Crippen LogP contribution in [-0.4, -0.2) is 47.9 Å². The number of ether oxygens (including phenoxy) is 1. The lowest BCUT2D eigenvalue weighted by Gasteiger charge is -2.45. The fraction of sp³-hybridized carbons (Fsp3) is 0.357. The van der Waals surface area contributed by atoms with E-state index in [9.17, 15) is 22.7 Å². The van der Waals surface area contributed by atoms with E-state index in [4.69, 9.17) is 16.3 Å². The molecule has 204 valence electrons. The van der Waals surface area contributed by atoms with Crippen molar-refractivity contribution in [3.8, 4) is 0 Å². The van der Waals surface area contributed by atoms with Gasteiger partial charge < -0.3 is 9.84 Å². The van der Waals surface area contributed by atoms with Crippen LogP contribution in [0, 0.1) is 11.8 Å². The topological polar surface area (TPSA) is 60.0 Å². The maximum Gasteiger partial charge on any atom is 0.255 e. The molecule has 39 heavy (non-hydrogen) atoms. The van der Waals surface area contributed by atoms with Gasteiger partial charge in [-0.3, -0.25) is 10.0 Å². The van der Waals surface area contributed by atoms with Gasteiger partial charge in [-0.05, 0) is 42.0 Å². The lowest BCUT2D eigenvalue weighted by Crippen LogP contribution is -2.65. The van der Waals surface area contributed by atoms with Gasteiger partial charge in [-0.1, -0.05) is 60.1 Å². The van der Waals surface area contributed by atoms with E-state index in [-0.39, 0.29) is 0 Å². The molecule has 4 aliphatic rings. The van der Waals surface area contributed by atoms with Crippen molar-refractivity contribution in [2.75, 3.05) is 10.0 Å². The first-order valence-electron chi connectivity index (χ1n) is 12.7. The second-order valence-corrected chi connectivity index (χ2v) is 10.9. The molecule has 6 atom stereocenters. The molecular weight excluding hydrogens is 536 g/mol. The number of hydrogen-bond donors (Lipinski definition) is 3. The van der Waals surface area contributed by atoms with E-state index < -0.39 is 60.2 Å². The fourth-order valence-corrected chi connectivity index (χ4v) is 7.52. The third-order valence-corrected chi connectivity index (χ3v) is 8.92. The number of rotatable bonds is 5. The third kappa shape index (κ3) is 3.35. The molecule has 7 rings (SSSR count). The number of hydrogen-bond acceptors (Lipinski definition) is 6. The van der Waals surface area contributed by atoms with Crippen molar-refractivity contribution in [1.29, 1.82) is 0 Å². The summed E-state index contributed by atoms with van der Waals surface area (Å²) in [4.78, 5) is 0. The highest BCUT2D eigenvalue weighted by molar-refractivity contribution is 6.30. The summed E-state index contributed by atoms with van der Waals surface area (Å²) in [6.07, 6.45) is -5.74. The van der Waals surface area contributed by atoms with Crippen molar-refractivity contribution in [3.05, 3.63) is 95.5 Å². The average molecular weight is 561 g/mol. The minimum absolute atomic E-state index is 0.399. The zero-order chi connectivity index (χ0) is 27.1. The Bertz CT molecular complexity index is 1280. The Hall–Kier alpha value is -2.89. The molecule has 4 heterocycles. The zero-order valence-electron chi connectivity index (χ0n) is 20.3. The Labute approximate surface area is 227 Å². The van der Waals surface area contributed by atoms with Crippen LogP contribution >= 0.6 is 11.6 Å². The maximum atomic E-state index is 14.8. The van der Waals surface area contributed by atoms with E-state index in [1.807, 2.05) is 0 Å². The summed E-state index contributed by atoms with van der Waals surface area (Å²) in [5.74, 6) is -4.28. The van der Waals surface area contributed by atoms with E-state index in [1.165, 1.54) is 10.0 Å². The summed E-state index contributed by atoms with van der Waals surface area (Å²) in [6, 6.07) is 19.0. The molecule has 0 spiro atoms. The van der Waals surface area contributed by atoms with Gasteiger partial charge in [-0.15, -0.1) is 0 Å². The quantitative estimate of drug-likeness (QED) is 0.398. The van der Waals surface area contributed by atoms with Crippen molar-refractivity contribution in [3.63, 3.8) is 0 Å². The predicted octanol–water partition coefficient (Wildman–Crippen LogP) is 4.55.